The molecule has 0 bridgehead atoms. The summed E-state index contributed by atoms with van der Waals surface area (Å²) in [6.07, 6.45) is 2.25. The highest BCUT2D eigenvalue weighted by atomic mass is 16.1. The van der Waals surface area contributed by atoms with E-state index in [4.69, 9.17) is 0 Å². The van der Waals surface area contributed by atoms with Crippen LogP contribution in [0.25, 0.3) is 0 Å². The maximum Gasteiger partial charge on any atom is 0.266 e. The highest BCUT2D eigenvalue weighted by Crippen LogP contribution is 2.03. The first-order valence-corrected chi connectivity index (χ1v) is 3.64. The number of rotatable bonds is 0. The van der Waals surface area contributed by atoms with Gasteiger partial charge in [0.2, 0.25) is 0 Å². The van der Waals surface area contributed by atoms with Crippen LogP contribution in [-0.2, 0) is 13.0 Å². The smallest absolute Gasteiger partial charge is 0.266 e. The van der Waals surface area contributed by atoms with Crippen LogP contribution in [0.2, 0.25) is 0 Å². The molecule has 0 radical (unpaired) electrons. The fraction of sp³-hybridized carbons (Fsp3) is 0.429. The SMILES string of the molecule is O=c1cnc2c([nH]1)CNCC2. The lowest BCUT2D eigenvalue weighted by Gasteiger charge is -2.13. The van der Waals surface area contributed by atoms with Gasteiger partial charge in [0.1, 0.15) is 0 Å². The highest BCUT2D eigenvalue weighted by Gasteiger charge is 2.08. The molecule has 0 saturated heterocycles. The standard InChI is InChI=1S/C7H9N3O/c11-7-4-9-5-1-2-8-3-6(5)10-7/h4,8H,1-3H2,(H,10,11). The van der Waals surface area contributed by atoms with Crippen molar-refractivity contribution < 1.29 is 0 Å². The Morgan fingerprint density at radius 2 is 2.45 bits per heavy atom. The van der Waals surface area contributed by atoms with E-state index < -0.39 is 0 Å². The number of aromatic nitrogens is 2. The molecular formula is C7H9N3O. The van der Waals surface area contributed by atoms with Crippen molar-refractivity contribution in [2.45, 2.75) is 13.0 Å². The molecule has 2 heterocycles. The van der Waals surface area contributed by atoms with E-state index in [9.17, 15) is 4.79 Å². The van der Waals surface area contributed by atoms with Crippen molar-refractivity contribution in [3.63, 3.8) is 0 Å². The van der Waals surface area contributed by atoms with Crippen molar-refractivity contribution in [2.24, 2.45) is 0 Å². The van der Waals surface area contributed by atoms with Crippen LogP contribution in [0.5, 0.6) is 0 Å². The minimum Gasteiger partial charge on any atom is -0.322 e. The molecule has 58 valence electrons. The molecule has 1 aromatic rings. The summed E-state index contributed by atoms with van der Waals surface area (Å²) in [6.45, 7) is 1.68. The van der Waals surface area contributed by atoms with Crippen LogP contribution in [0.1, 0.15) is 11.4 Å². The lowest BCUT2D eigenvalue weighted by atomic mass is 10.2. The van der Waals surface area contributed by atoms with Crippen molar-refractivity contribution in [3.05, 3.63) is 27.9 Å². The predicted octanol–water partition coefficient (Wildman–Crippen LogP) is -0.584. The summed E-state index contributed by atoms with van der Waals surface area (Å²) < 4.78 is 0. The number of hydrogen-bond donors (Lipinski definition) is 2. The molecule has 11 heavy (non-hydrogen) atoms. The highest BCUT2D eigenvalue weighted by molar-refractivity contribution is 5.13. The first kappa shape index (κ1) is 6.54. The molecule has 0 atom stereocenters. The zero-order chi connectivity index (χ0) is 7.68. The molecule has 4 nitrogen and oxygen atoms in total. The van der Waals surface area contributed by atoms with E-state index in [0.717, 1.165) is 30.9 Å². The number of aromatic amines is 1. The van der Waals surface area contributed by atoms with Crippen LogP contribution in [-0.4, -0.2) is 16.5 Å². The Bertz CT molecular complexity index is 318. The Labute approximate surface area is 63.7 Å². The molecular weight excluding hydrogens is 142 g/mol. The maximum absolute atomic E-state index is 10.8. The third-order valence-electron chi connectivity index (χ3n) is 1.80. The first-order chi connectivity index (χ1) is 5.36. The van der Waals surface area contributed by atoms with Gasteiger partial charge in [-0.1, -0.05) is 0 Å². The lowest BCUT2D eigenvalue weighted by Crippen LogP contribution is -2.28. The molecule has 0 saturated carbocycles. The van der Waals surface area contributed by atoms with Gasteiger partial charge in [-0.15, -0.1) is 0 Å². The van der Waals surface area contributed by atoms with Crippen molar-refractivity contribution >= 4 is 0 Å². The predicted molar refractivity (Wildman–Crippen MR) is 40.3 cm³/mol. The number of nitrogens with one attached hydrogen (secondary N) is 2. The monoisotopic (exact) mass is 151 g/mol. The molecule has 1 aliphatic heterocycles. The van der Waals surface area contributed by atoms with Crippen LogP contribution in [0, 0.1) is 0 Å². The first-order valence-electron chi connectivity index (χ1n) is 3.64. The molecule has 4 heteroatoms. The summed E-state index contributed by atoms with van der Waals surface area (Å²) in [5.74, 6) is 0. The normalized spacial score (nSPS) is 16.0. The molecule has 0 spiro atoms. The summed E-state index contributed by atoms with van der Waals surface area (Å²) >= 11 is 0. The van der Waals surface area contributed by atoms with E-state index >= 15 is 0 Å². The second-order valence-corrected chi connectivity index (χ2v) is 2.60. The van der Waals surface area contributed by atoms with E-state index in [2.05, 4.69) is 15.3 Å². The van der Waals surface area contributed by atoms with E-state index in [1.54, 1.807) is 0 Å². The van der Waals surface area contributed by atoms with Crippen molar-refractivity contribution in [1.29, 1.82) is 0 Å². The molecule has 0 aliphatic carbocycles. The van der Waals surface area contributed by atoms with Gasteiger partial charge in [0.15, 0.2) is 0 Å². The van der Waals surface area contributed by atoms with Gasteiger partial charge in [-0.2, -0.15) is 0 Å². The Morgan fingerprint density at radius 3 is 3.36 bits per heavy atom. The Morgan fingerprint density at radius 1 is 1.55 bits per heavy atom. The average Bonchev–Trinajstić information content (AvgIpc) is 2.04. The lowest BCUT2D eigenvalue weighted by molar-refractivity contribution is 0.610. The third-order valence-corrected chi connectivity index (χ3v) is 1.80. The minimum absolute atomic E-state index is 0.118. The zero-order valence-electron chi connectivity index (χ0n) is 6.05. The molecule has 1 aliphatic rings. The molecule has 0 unspecified atom stereocenters. The fourth-order valence-corrected chi connectivity index (χ4v) is 1.25. The van der Waals surface area contributed by atoms with Crippen LogP contribution < -0.4 is 10.9 Å². The second-order valence-electron chi connectivity index (χ2n) is 2.60. The summed E-state index contributed by atoms with van der Waals surface area (Å²) in [6, 6.07) is 0. The molecule has 2 N–H and O–H groups in total. The number of hydrogen-bond acceptors (Lipinski definition) is 3. The van der Waals surface area contributed by atoms with Crippen LogP contribution in [0.3, 0.4) is 0 Å². The zero-order valence-corrected chi connectivity index (χ0v) is 6.05. The number of fused-ring (bicyclic) bond motifs is 1. The van der Waals surface area contributed by atoms with E-state index in [1.165, 1.54) is 6.20 Å². The fourth-order valence-electron chi connectivity index (χ4n) is 1.25. The van der Waals surface area contributed by atoms with Crippen LogP contribution in [0.15, 0.2) is 11.0 Å². The van der Waals surface area contributed by atoms with Crippen molar-refractivity contribution in [2.75, 3.05) is 6.54 Å². The maximum atomic E-state index is 10.8. The topological polar surface area (TPSA) is 57.8 Å². The molecule has 0 amide bonds. The minimum atomic E-state index is -0.118. The van der Waals surface area contributed by atoms with Gasteiger partial charge in [-0.3, -0.25) is 9.78 Å². The quantitative estimate of drug-likeness (QED) is 0.521. The van der Waals surface area contributed by atoms with E-state index in [-0.39, 0.29) is 5.56 Å². The van der Waals surface area contributed by atoms with Gasteiger partial charge in [-0.05, 0) is 0 Å². The molecule has 0 aromatic carbocycles. The van der Waals surface area contributed by atoms with Gasteiger partial charge in [0.05, 0.1) is 17.6 Å². The Kier molecular flexibility index (Phi) is 1.47. The third kappa shape index (κ3) is 1.17. The van der Waals surface area contributed by atoms with E-state index in [0.29, 0.717) is 0 Å². The summed E-state index contributed by atoms with van der Waals surface area (Å²) in [5, 5.41) is 3.16. The summed E-state index contributed by atoms with van der Waals surface area (Å²) in [7, 11) is 0. The Balaban J connectivity index is 2.51. The number of nitrogens with zero attached hydrogens (tertiary/aromatic N) is 1. The van der Waals surface area contributed by atoms with Gasteiger partial charge >= 0.3 is 0 Å². The number of H-pyrrole nitrogens is 1. The van der Waals surface area contributed by atoms with Gasteiger partial charge in [0.25, 0.3) is 5.56 Å². The van der Waals surface area contributed by atoms with Crippen molar-refractivity contribution in [3.8, 4) is 0 Å². The molecule has 1 aromatic heterocycles. The van der Waals surface area contributed by atoms with Crippen LogP contribution >= 0.6 is 0 Å². The van der Waals surface area contributed by atoms with Gasteiger partial charge in [0, 0.05) is 19.5 Å². The second kappa shape index (κ2) is 2.47. The van der Waals surface area contributed by atoms with Crippen LogP contribution in [0.4, 0.5) is 0 Å². The summed E-state index contributed by atoms with van der Waals surface area (Å²) in [4.78, 5) is 17.6. The summed E-state index contributed by atoms with van der Waals surface area (Å²) in [5.41, 5.74) is 1.83. The van der Waals surface area contributed by atoms with Crippen molar-refractivity contribution in [1.82, 2.24) is 15.3 Å². The molecule has 2 rings (SSSR count). The Hall–Kier alpha value is -1.16. The largest absolute Gasteiger partial charge is 0.322 e. The average molecular weight is 151 g/mol. The van der Waals surface area contributed by atoms with Gasteiger partial charge < -0.3 is 10.3 Å². The van der Waals surface area contributed by atoms with E-state index in [1.807, 2.05) is 0 Å². The molecule has 0 fully saturated rings. The van der Waals surface area contributed by atoms with Gasteiger partial charge in [-0.25, -0.2) is 0 Å².